The Hall–Kier alpha value is -2.22. The fraction of sp³-hybridized carbons (Fsp3) is 0.417. The Bertz CT molecular complexity index is 534. The number of nitrogen functional groups attached to an aromatic ring is 1. The van der Waals surface area contributed by atoms with Crippen LogP contribution in [0.5, 0.6) is 0 Å². The van der Waals surface area contributed by atoms with E-state index in [1.165, 1.54) is 4.90 Å². The van der Waals surface area contributed by atoms with Crippen molar-refractivity contribution in [2.24, 2.45) is 0 Å². The lowest BCUT2D eigenvalue weighted by atomic mass is 10.1. The van der Waals surface area contributed by atoms with Crippen LogP contribution in [0.1, 0.15) is 24.2 Å². The Balaban J connectivity index is 3.34. The van der Waals surface area contributed by atoms with Gasteiger partial charge in [-0.15, -0.1) is 0 Å². The lowest BCUT2D eigenvalue weighted by molar-refractivity contribution is -0.384. The van der Waals surface area contributed by atoms with Crippen molar-refractivity contribution in [1.82, 2.24) is 4.90 Å². The van der Waals surface area contributed by atoms with Crippen LogP contribution >= 0.6 is 0 Å². The Morgan fingerprint density at radius 3 is 2.60 bits per heavy atom. The number of carbonyl (C=O) groups is 1. The van der Waals surface area contributed by atoms with Gasteiger partial charge in [0, 0.05) is 18.7 Å². The molecule has 0 unspecified atom stereocenters. The highest BCUT2D eigenvalue weighted by Gasteiger charge is 2.28. The maximum Gasteiger partial charge on any atom is 0.293 e. The zero-order valence-corrected chi connectivity index (χ0v) is 11.2. The van der Waals surface area contributed by atoms with E-state index >= 15 is 0 Å². The summed E-state index contributed by atoms with van der Waals surface area (Å²) in [5, 5.41) is 19.7. The van der Waals surface area contributed by atoms with Crippen molar-refractivity contribution in [1.29, 1.82) is 0 Å². The van der Waals surface area contributed by atoms with Crippen molar-refractivity contribution in [2.45, 2.75) is 19.9 Å². The molecule has 0 aromatic heterocycles. The average Bonchev–Trinajstić information content (AvgIpc) is 2.34. The third-order valence-corrected chi connectivity index (χ3v) is 2.81. The van der Waals surface area contributed by atoms with E-state index in [0.29, 0.717) is 0 Å². The summed E-state index contributed by atoms with van der Waals surface area (Å²) in [6.07, 6.45) is 0. The van der Waals surface area contributed by atoms with E-state index in [2.05, 4.69) is 0 Å². The van der Waals surface area contributed by atoms with Crippen LogP contribution < -0.4 is 5.73 Å². The molecular formula is C12H16FN3O4. The van der Waals surface area contributed by atoms with Gasteiger partial charge in [0.15, 0.2) is 0 Å². The molecular weight excluding hydrogens is 269 g/mol. The molecule has 8 heteroatoms. The number of halogens is 1. The average molecular weight is 285 g/mol. The second-order valence-electron chi connectivity index (χ2n) is 4.43. The number of hydrogen-bond donors (Lipinski definition) is 2. The van der Waals surface area contributed by atoms with E-state index in [-0.39, 0.29) is 19.2 Å². The fourth-order valence-electron chi connectivity index (χ4n) is 1.80. The maximum absolute atomic E-state index is 13.8. The molecule has 0 fully saturated rings. The first-order valence-corrected chi connectivity index (χ1v) is 5.95. The molecule has 1 rings (SSSR count). The summed E-state index contributed by atoms with van der Waals surface area (Å²) in [4.78, 5) is 23.5. The summed E-state index contributed by atoms with van der Waals surface area (Å²) in [5.41, 5.74) is 3.95. The molecule has 0 saturated carbocycles. The van der Waals surface area contributed by atoms with Gasteiger partial charge in [-0.05, 0) is 19.9 Å². The summed E-state index contributed by atoms with van der Waals surface area (Å²) in [6, 6.07) is 1.43. The van der Waals surface area contributed by atoms with Crippen molar-refractivity contribution < 1.29 is 19.2 Å². The highest BCUT2D eigenvalue weighted by atomic mass is 19.1. The van der Waals surface area contributed by atoms with Gasteiger partial charge in [-0.3, -0.25) is 14.9 Å². The Kier molecular flexibility index (Phi) is 4.98. The molecule has 1 aromatic carbocycles. The molecule has 3 N–H and O–H groups in total. The Labute approximate surface area is 114 Å². The van der Waals surface area contributed by atoms with Crippen molar-refractivity contribution in [3.63, 3.8) is 0 Å². The molecule has 1 aromatic rings. The molecule has 0 spiro atoms. The van der Waals surface area contributed by atoms with Crippen LogP contribution in [0.4, 0.5) is 15.8 Å². The Morgan fingerprint density at radius 2 is 2.15 bits per heavy atom. The van der Waals surface area contributed by atoms with Crippen molar-refractivity contribution in [2.75, 3.05) is 18.9 Å². The van der Waals surface area contributed by atoms with Gasteiger partial charge < -0.3 is 15.7 Å². The molecule has 20 heavy (non-hydrogen) atoms. The lowest BCUT2D eigenvalue weighted by Gasteiger charge is -2.26. The fourth-order valence-corrected chi connectivity index (χ4v) is 1.80. The molecule has 7 nitrogen and oxygen atoms in total. The smallest absolute Gasteiger partial charge is 0.293 e. The van der Waals surface area contributed by atoms with Crippen LogP contribution in [0.2, 0.25) is 0 Å². The number of aliphatic hydroxyl groups is 1. The predicted octanol–water partition coefficient (Wildman–Crippen LogP) is 1.16. The number of nitrogens with zero attached hydrogens (tertiary/aromatic N) is 2. The van der Waals surface area contributed by atoms with Gasteiger partial charge >= 0.3 is 0 Å². The number of rotatable bonds is 5. The number of anilines is 1. The van der Waals surface area contributed by atoms with Gasteiger partial charge in [-0.1, -0.05) is 0 Å². The number of benzene rings is 1. The minimum absolute atomic E-state index is 0.0158. The molecule has 1 amide bonds. The first-order chi connectivity index (χ1) is 9.31. The van der Waals surface area contributed by atoms with Gasteiger partial charge in [0.2, 0.25) is 0 Å². The van der Waals surface area contributed by atoms with E-state index in [9.17, 15) is 19.3 Å². The number of hydrogen-bond acceptors (Lipinski definition) is 5. The first-order valence-electron chi connectivity index (χ1n) is 5.95. The predicted molar refractivity (Wildman–Crippen MR) is 70.7 cm³/mol. The van der Waals surface area contributed by atoms with Gasteiger partial charge in [0.1, 0.15) is 17.1 Å². The zero-order chi connectivity index (χ0) is 15.4. The molecule has 0 saturated heterocycles. The molecule has 0 aliphatic rings. The van der Waals surface area contributed by atoms with Gasteiger partial charge in [-0.25, -0.2) is 4.39 Å². The van der Waals surface area contributed by atoms with E-state index in [0.717, 1.165) is 12.1 Å². The minimum atomic E-state index is -0.929. The summed E-state index contributed by atoms with van der Waals surface area (Å²) in [6.45, 7) is 3.04. The number of aliphatic hydroxyl groups excluding tert-OH is 1. The minimum Gasteiger partial charge on any atom is -0.395 e. The Morgan fingerprint density at radius 1 is 1.55 bits per heavy atom. The summed E-state index contributed by atoms with van der Waals surface area (Å²) in [7, 11) is 0. The number of nitro groups is 1. The van der Waals surface area contributed by atoms with Crippen molar-refractivity contribution >= 4 is 17.3 Å². The number of nitro benzene ring substituents is 1. The van der Waals surface area contributed by atoms with Crippen LogP contribution in [0, 0.1) is 15.9 Å². The molecule has 110 valence electrons. The third kappa shape index (κ3) is 3.02. The van der Waals surface area contributed by atoms with Crippen LogP contribution in [-0.4, -0.2) is 40.0 Å². The highest BCUT2D eigenvalue weighted by molar-refractivity contribution is 6.01. The standard InChI is InChI=1S/C12H16FN3O4/c1-7(2)15(5-6-17)12(18)10-8(13)3-4-9(11(10)14)16(19)20/h3-4,7,17H,5-6,14H2,1-2H3. The quantitative estimate of drug-likeness (QED) is 0.479. The van der Waals surface area contributed by atoms with Crippen molar-refractivity contribution in [3.8, 4) is 0 Å². The molecule has 0 heterocycles. The SMILES string of the molecule is CC(C)N(CCO)C(=O)c1c(F)ccc([N+](=O)[O-])c1N. The summed E-state index contributed by atoms with van der Waals surface area (Å²) in [5.74, 6) is -1.71. The second kappa shape index (κ2) is 6.29. The number of carbonyl (C=O) groups excluding carboxylic acids is 1. The third-order valence-electron chi connectivity index (χ3n) is 2.81. The highest BCUT2D eigenvalue weighted by Crippen LogP contribution is 2.28. The van der Waals surface area contributed by atoms with Crippen LogP contribution in [0.3, 0.4) is 0 Å². The summed E-state index contributed by atoms with van der Waals surface area (Å²) < 4.78 is 13.8. The molecule has 0 atom stereocenters. The van der Waals surface area contributed by atoms with Gasteiger partial charge in [-0.2, -0.15) is 0 Å². The molecule has 0 radical (unpaired) electrons. The second-order valence-corrected chi connectivity index (χ2v) is 4.43. The molecule has 0 aliphatic heterocycles. The van der Waals surface area contributed by atoms with Gasteiger partial charge in [0.25, 0.3) is 11.6 Å². The number of nitrogens with two attached hydrogens (primary N) is 1. The zero-order valence-electron chi connectivity index (χ0n) is 11.2. The maximum atomic E-state index is 13.8. The van der Waals surface area contributed by atoms with Crippen LogP contribution in [0.15, 0.2) is 12.1 Å². The largest absolute Gasteiger partial charge is 0.395 e. The lowest BCUT2D eigenvalue weighted by Crippen LogP contribution is -2.39. The van der Waals surface area contributed by atoms with E-state index in [4.69, 9.17) is 10.8 Å². The van der Waals surface area contributed by atoms with Crippen molar-refractivity contribution in [3.05, 3.63) is 33.6 Å². The van der Waals surface area contributed by atoms with E-state index in [1.54, 1.807) is 13.8 Å². The van der Waals surface area contributed by atoms with Gasteiger partial charge in [0.05, 0.1) is 11.5 Å². The topological polar surface area (TPSA) is 110 Å². The molecule has 0 bridgehead atoms. The normalized spacial score (nSPS) is 10.7. The molecule has 0 aliphatic carbocycles. The van der Waals surface area contributed by atoms with E-state index < -0.39 is 33.6 Å². The first kappa shape index (κ1) is 15.8. The van der Waals surface area contributed by atoms with Crippen LogP contribution in [-0.2, 0) is 0 Å². The van der Waals surface area contributed by atoms with E-state index in [1.807, 2.05) is 0 Å². The number of amides is 1. The van der Waals surface area contributed by atoms with Crippen LogP contribution in [0.25, 0.3) is 0 Å². The summed E-state index contributed by atoms with van der Waals surface area (Å²) >= 11 is 0. The monoisotopic (exact) mass is 285 g/mol.